The van der Waals surface area contributed by atoms with Crippen molar-refractivity contribution in [1.29, 1.82) is 0 Å². The van der Waals surface area contributed by atoms with Crippen LogP contribution in [0.3, 0.4) is 0 Å². The van der Waals surface area contributed by atoms with E-state index in [9.17, 15) is 4.79 Å². The third-order valence-corrected chi connectivity index (χ3v) is 2.75. The van der Waals surface area contributed by atoms with Gasteiger partial charge in [-0.3, -0.25) is 4.79 Å². The normalized spacial score (nSPS) is 10.3. The van der Waals surface area contributed by atoms with E-state index in [4.69, 9.17) is 0 Å². The summed E-state index contributed by atoms with van der Waals surface area (Å²) in [6.45, 7) is 6.36. The topological polar surface area (TPSA) is 29.1 Å². The third-order valence-electron chi connectivity index (χ3n) is 1.72. The van der Waals surface area contributed by atoms with Gasteiger partial charge in [-0.2, -0.15) is 0 Å². The van der Waals surface area contributed by atoms with Gasteiger partial charge in [-0.05, 0) is 5.56 Å². The van der Waals surface area contributed by atoms with Crippen LogP contribution in [-0.2, 0) is 11.2 Å². The average molecular weight is 215 g/mol. The van der Waals surface area contributed by atoms with E-state index in [0.29, 0.717) is 6.42 Å². The van der Waals surface area contributed by atoms with Gasteiger partial charge in [0.2, 0.25) is 5.91 Å². The van der Waals surface area contributed by atoms with Gasteiger partial charge in [-0.15, -0.1) is 0 Å². The Morgan fingerprint density at radius 1 is 1.20 bits per heavy atom. The molecule has 1 amide bonds. The van der Waals surface area contributed by atoms with Crippen LogP contribution in [-0.4, -0.2) is 33.0 Å². The van der Waals surface area contributed by atoms with Crippen molar-refractivity contribution in [2.45, 2.75) is 26.1 Å². The van der Waals surface area contributed by atoms with E-state index in [2.05, 4.69) is 24.6 Å². The van der Waals surface area contributed by atoms with Crippen LogP contribution in [0.25, 0.3) is 0 Å². The molecule has 2 nitrogen and oxygen atoms in total. The minimum atomic E-state index is -1.47. The van der Waals surface area contributed by atoms with Crippen molar-refractivity contribution in [2.24, 2.45) is 0 Å². The van der Waals surface area contributed by atoms with Gasteiger partial charge in [0.15, 0.2) is 0 Å². The maximum absolute atomic E-state index is 11.6. The third kappa shape index (κ3) is 6.56. The fraction of sp³-hybridized carbons (Fsp3) is 0.364. The van der Waals surface area contributed by atoms with E-state index in [1.807, 2.05) is 30.3 Å². The number of hydrogen-bond acceptors (Lipinski definition) is 1. The molecule has 1 aromatic carbocycles. The molecule has 0 bridgehead atoms. The summed E-state index contributed by atoms with van der Waals surface area (Å²) in [5.74, 6) is 0.135. The number of rotatable bonds is 3. The van der Waals surface area contributed by atoms with E-state index >= 15 is 0 Å². The molecule has 78 valence electrons. The number of hydrogen-bond donors (Lipinski definition) is 1. The Hall–Kier alpha value is -0.496. The monoisotopic (exact) mass is 215 g/mol. The predicted octanol–water partition coefficient (Wildman–Crippen LogP) is 1.53. The molecule has 15 heavy (non-hydrogen) atoms. The van der Waals surface area contributed by atoms with Gasteiger partial charge in [-0.1, -0.05) is 50.0 Å². The molecule has 0 atom stereocenters. The molecule has 0 heterocycles. The van der Waals surface area contributed by atoms with Crippen LogP contribution in [0.15, 0.2) is 30.3 Å². The molecule has 4 heteroatoms. The van der Waals surface area contributed by atoms with E-state index in [1.165, 1.54) is 0 Å². The fourth-order valence-corrected chi connectivity index (χ4v) is 2.17. The summed E-state index contributed by atoms with van der Waals surface area (Å²) in [5.41, 5.74) is 1.07. The van der Waals surface area contributed by atoms with E-state index in [-0.39, 0.29) is 24.8 Å². The summed E-state index contributed by atoms with van der Waals surface area (Å²) in [5, 5.41) is 0. The van der Waals surface area contributed by atoms with Crippen LogP contribution in [0.1, 0.15) is 5.56 Å². The summed E-state index contributed by atoms with van der Waals surface area (Å²) < 4.78 is 0. The van der Waals surface area contributed by atoms with Crippen LogP contribution in [0.2, 0.25) is 19.6 Å². The molecular formula is C11H18LiNOSi. The zero-order chi connectivity index (χ0) is 10.6. The average Bonchev–Trinajstić information content (AvgIpc) is 2.02. The molecule has 0 fully saturated rings. The van der Waals surface area contributed by atoms with Crippen LogP contribution in [0, 0.1) is 0 Å². The van der Waals surface area contributed by atoms with Crippen molar-refractivity contribution in [3.8, 4) is 0 Å². The quantitative estimate of drug-likeness (QED) is 0.761. The fourth-order valence-electron chi connectivity index (χ4n) is 1.24. The number of carbonyl (C=O) groups is 1. The number of carbonyl (C=O) groups excluding carboxylic acids is 1. The first-order valence-electron chi connectivity index (χ1n) is 4.82. The van der Waals surface area contributed by atoms with E-state index < -0.39 is 8.24 Å². The van der Waals surface area contributed by atoms with Crippen molar-refractivity contribution >= 4 is 33.0 Å². The molecule has 0 aliphatic rings. The molecule has 0 spiro atoms. The molecule has 0 saturated heterocycles. The zero-order valence-electron chi connectivity index (χ0n) is 9.00. The van der Waals surface area contributed by atoms with Gasteiger partial charge in [0.25, 0.3) is 0 Å². The summed E-state index contributed by atoms with van der Waals surface area (Å²) in [6.07, 6.45) is 0.491. The number of benzene rings is 1. The van der Waals surface area contributed by atoms with Gasteiger partial charge < -0.3 is 4.98 Å². The van der Waals surface area contributed by atoms with Crippen molar-refractivity contribution in [3.63, 3.8) is 0 Å². The molecule has 0 aliphatic heterocycles. The Balaban J connectivity index is 0.00000196. The van der Waals surface area contributed by atoms with Crippen molar-refractivity contribution < 1.29 is 4.79 Å². The molecule has 0 unspecified atom stereocenters. The van der Waals surface area contributed by atoms with Gasteiger partial charge >= 0.3 is 18.9 Å². The zero-order valence-corrected chi connectivity index (χ0v) is 10.0. The standard InChI is InChI=1S/C11H17NOSi.Li.H/c1-14(2,3)12-11(13)9-10-7-5-4-6-8-10;;/h4-8H,9H2,1-3H3,(H,12,13);;. The summed E-state index contributed by atoms with van der Waals surface area (Å²) in [4.78, 5) is 14.6. The second-order valence-corrected chi connectivity index (χ2v) is 9.21. The Labute approximate surface area is 105 Å². The molecule has 1 N–H and O–H groups in total. The molecule has 0 aliphatic carbocycles. The van der Waals surface area contributed by atoms with E-state index in [1.54, 1.807) is 0 Å². The van der Waals surface area contributed by atoms with Crippen LogP contribution in [0.4, 0.5) is 0 Å². The number of nitrogens with one attached hydrogen (secondary N) is 1. The molecular weight excluding hydrogens is 197 g/mol. The Bertz CT molecular complexity index is 308. The first-order chi connectivity index (χ1) is 6.47. The Kier molecular flexibility index (Phi) is 5.96. The Morgan fingerprint density at radius 3 is 2.20 bits per heavy atom. The first-order valence-corrected chi connectivity index (χ1v) is 8.32. The molecule has 0 aromatic heterocycles. The predicted molar refractivity (Wildman–Crippen MR) is 68.8 cm³/mol. The maximum atomic E-state index is 11.6. The van der Waals surface area contributed by atoms with Crippen molar-refractivity contribution in [3.05, 3.63) is 35.9 Å². The molecule has 0 saturated carbocycles. The van der Waals surface area contributed by atoms with Gasteiger partial charge in [0.1, 0.15) is 8.24 Å². The van der Waals surface area contributed by atoms with Crippen LogP contribution in [0.5, 0.6) is 0 Å². The summed E-state index contributed by atoms with van der Waals surface area (Å²) in [6, 6.07) is 9.82. The number of amides is 1. The summed E-state index contributed by atoms with van der Waals surface area (Å²) >= 11 is 0. The van der Waals surface area contributed by atoms with Crippen LogP contribution < -0.4 is 4.98 Å². The second-order valence-electron chi connectivity index (χ2n) is 4.46. The first kappa shape index (κ1) is 14.5. The van der Waals surface area contributed by atoms with Gasteiger partial charge in [-0.25, -0.2) is 0 Å². The van der Waals surface area contributed by atoms with Gasteiger partial charge in [0.05, 0.1) is 6.42 Å². The van der Waals surface area contributed by atoms with Gasteiger partial charge in [0, 0.05) is 0 Å². The van der Waals surface area contributed by atoms with Crippen molar-refractivity contribution in [2.75, 3.05) is 0 Å². The van der Waals surface area contributed by atoms with Crippen molar-refractivity contribution in [1.82, 2.24) is 4.98 Å². The SMILES string of the molecule is C[Si](C)(C)NC(=O)Cc1ccccc1.[LiH]. The molecule has 1 aromatic rings. The molecule has 0 radical (unpaired) electrons. The van der Waals surface area contributed by atoms with E-state index in [0.717, 1.165) is 5.56 Å². The summed E-state index contributed by atoms with van der Waals surface area (Å²) in [7, 11) is -1.47. The minimum absolute atomic E-state index is 0. The Morgan fingerprint density at radius 2 is 1.73 bits per heavy atom. The molecule has 1 rings (SSSR count). The van der Waals surface area contributed by atoms with Crippen LogP contribution >= 0.6 is 0 Å². The second kappa shape index (κ2) is 6.17.